The second-order valence-electron chi connectivity index (χ2n) is 2.62. The van der Waals surface area contributed by atoms with E-state index in [0.717, 1.165) is 0 Å². The van der Waals surface area contributed by atoms with Crippen LogP contribution in [0.3, 0.4) is 0 Å². The molecule has 0 N–H and O–H groups in total. The van der Waals surface area contributed by atoms with E-state index in [1.165, 1.54) is 0 Å². The van der Waals surface area contributed by atoms with Gasteiger partial charge in [-0.15, -0.1) is 0 Å². The normalized spacial score (nSPS) is 12.3. The maximum absolute atomic E-state index is 12.8. The number of halogens is 7. The van der Waals surface area contributed by atoms with E-state index in [1.807, 2.05) is 0 Å². The average Bonchev–Trinajstić information content (AvgIpc) is 2.00. The van der Waals surface area contributed by atoms with Crippen molar-refractivity contribution in [3.63, 3.8) is 0 Å². The second-order valence-corrected chi connectivity index (χ2v) is 3.42. The molecule has 7 heteroatoms. The van der Waals surface area contributed by atoms with Crippen LogP contribution in [-0.2, 0) is 6.18 Å². The summed E-state index contributed by atoms with van der Waals surface area (Å²) in [5, 5.41) is 0. The molecule has 0 unspecified atom stereocenters. The number of benzene rings is 1. The number of hydrogen-bond acceptors (Lipinski definition) is 0. The molecule has 0 nitrogen and oxygen atoms in total. The molecule has 84 valence electrons. The first-order valence-electron chi connectivity index (χ1n) is 3.58. The summed E-state index contributed by atoms with van der Waals surface area (Å²) in [5.74, 6) is -1.58. The monoisotopic (exact) mass is 292 g/mol. The molecule has 0 amide bonds. The standard InChI is InChI=1S/C8H3BrF6/c9-6-3(7(11)12)1-2-4(10)5(6)8(13,14)15/h1-2,7H. The van der Waals surface area contributed by atoms with Crippen molar-refractivity contribution in [1.29, 1.82) is 0 Å². The van der Waals surface area contributed by atoms with Crippen LogP contribution in [0.2, 0.25) is 0 Å². The van der Waals surface area contributed by atoms with E-state index in [4.69, 9.17) is 0 Å². The summed E-state index contributed by atoms with van der Waals surface area (Å²) in [7, 11) is 0. The SMILES string of the molecule is Fc1ccc(C(F)F)c(Br)c1C(F)(F)F. The zero-order chi connectivity index (χ0) is 11.8. The lowest BCUT2D eigenvalue weighted by Crippen LogP contribution is -2.10. The average molecular weight is 293 g/mol. The third-order valence-corrected chi connectivity index (χ3v) is 2.49. The minimum absolute atomic E-state index is 0.370. The molecular formula is C8H3BrF6. The van der Waals surface area contributed by atoms with Gasteiger partial charge >= 0.3 is 6.18 Å². The highest BCUT2D eigenvalue weighted by Gasteiger charge is 2.38. The molecule has 1 aromatic carbocycles. The van der Waals surface area contributed by atoms with Crippen molar-refractivity contribution in [1.82, 2.24) is 0 Å². The Bertz CT molecular complexity index is 370. The van der Waals surface area contributed by atoms with Crippen molar-refractivity contribution < 1.29 is 26.3 Å². The van der Waals surface area contributed by atoms with Crippen LogP contribution in [0.5, 0.6) is 0 Å². The maximum Gasteiger partial charge on any atom is 0.420 e. The van der Waals surface area contributed by atoms with Gasteiger partial charge in [-0.05, 0) is 28.1 Å². The second kappa shape index (κ2) is 4.03. The first-order valence-corrected chi connectivity index (χ1v) is 4.37. The van der Waals surface area contributed by atoms with Crippen molar-refractivity contribution in [2.24, 2.45) is 0 Å². The van der Waals surface area contributed by atoms with E-state index < -0.39 is 34.0 Å². The fourth-order valence-corrected chi connectivity index (χ4v) is 1.72. The molecule has 0 radical (unpaired) electrons. The summed E-state index contributed by atoms with van der Waals surface area (Å²) in [5.41, 5.74) is -2.59. The molecule has 1 rings (SSSR count). The van der Waals surface area contributed by atoms with Gasteiger partial charge in [-0.3, -0.25) is 0 Å². The molecule has 0 spiro atoms. The van der Waals surface area contributed by atoms with Gasteiger partial charge in [0.25, 0.3) is 6.43 Å². The van der Waals surface area contributed by atoms with E-state index >= 15 is 0 Å². The van der Waals surface area contributed by atoms with Crippen molar-refractivity contribution in [3.05, 3.63) is 33.5 Å². The van der Waals surface area contributed by atoms with Crippen molar-refractivity contribution >= 4 is 15.9 Å². The van der Waals surface area contributed by atoms with Gasteiger partial charge in [0.1, 0.15) is 11.4 Å². The van der Waals surface area contributed by atoms with Crippen LogP contribution in [0.1, 0.15) is 17.6 Å². The molecule has 0 aliphatic carbocycles. The Morgan fingerprint density at radius 3 is 2.07 bits per heavy atom. The summed E-state index contributed by atoms with van der Waals surface area (Å²) < 4.78 is 73.0. The van der Waals surface area contributed by atoms with Crippen molar-refractivity contribution in [3.8, 4) is 0 Å². The van der Waals surface area contributed by atoms with Gasteiger partial charge in [-0.1, -0.05) is 0 Å². The molecular weight excluding hydrogens is 290 g/mol. The maximum atomic E-state index is 12.8. The first kappa shape index (κ1) is 12.4. The fourth-order valence-electron chi connectivity index (χ4n) is 0.997. The smallest absolute Gasteiger partial charge is 0.206 e. The van der Waals surface area contributed by atoms with Crippen LogP contribution < -0.4 is 0 Å². The summed E-state index contributed by atoms with van der Waals surface area (Å²) in [6.07, 6.45) is -8.10. The van der Waals surface area contributed by atoms with Crippen LogP contribution in [0.4, 0.5) is 26.3 Å². The van der Waals surface area contributed by atoms with Crippen LogP contribution in [0.15, 0.2) is 16.6 Å². The van der Waals surface area contributed by atoms with Crippen LogP contribution in [0, 0.1) is 5.82 Å². The summed E-state index contributed by atoms with van der Waals surface area (Å²) in [4.78, 5) is 0. The van der Waals surface area contributed by atoms with Gasteiger partial charge in [0.05, 0.1) is 0 Å². The molecule has 0 saturated carbocycles. The Balaban J connectivity index is 3.44. The molecule has 0 fully saturated rings. The Morgan fingerprint density at radius 1 is 1.13 bits per heavy atom. The minimum Gasteiger partial charge on any atom is -0.206 e. The summed E-state index contributed by atoms with van der Waals surface area (Å²) in [6.45, 7) is 0. The lowest BCUT2D eigenvalue weighted by molar-refractivity contribution is -0.140. The largest absolute Gasteiger partial charge is 0.420 e. The number of alkyl halides is 5. The highest BCUT2D eigenvalue weighted by Crippen LogP contribution is 2.40. The van der Waals surface area contributed by atoms with Gasteiger partial charge in [0.2, 0.25) is 0 Å². The molecule has 0 saturated heterocycles. The van der Waals surface area contributed by atoms with Gasteiger partial charge in [-0.25, -0.2) is 13.2 Å². The Labute approximate surface area is 89.0 Å². The molecule has 0 atom stereocenters. The molecule has 0 aliphatic heterocycles. The van der Waals surface area contributed by atoms with E-state index in [-0.39, 0.29) is 0 Å². The predicted molar refractivity (Wildman–Crippen MR) is 44.1 cm³/mol. The quantitative estimate of drug-likeness (QED) is 0.667. The molecule has 15 heavy (non-hydrogen) atoms. The molecule has 0 bridgehead atoms. The zero-order valence-electron chi connectivity index (χ0n) is 6.88. The van der Waals surface area contributed by atoms with Gasteiger partial charge < -0.3 is 0 Å². The summed E-state index contributed by atoms with van der Waals surface area (Å²) in [6, 6.07) is 0.981. The zero-order valence-corrected chi connectivity index (χ0v) is 8.46. The predicted octanol–water partition coefficient (Wildman–Crippen LogP) is 4.54. The first-order chi connectivity index (χ1) is 6.75. The lowest BCUT2D eigenvalue weighted by atomic mass is 10.1. The number of hydrogen-bond donors (Lipinski definition) is 0. The highest BCUT2D eigenvalue weighted by molar-refractivity contribution is 9.10. The van der Waals surface area contributed by atoms with Crippen LogP contribution in [0.25, 0.3) is 0 Å². The topological polar surface area (TPSA) is 0 Å². The molecule has 0 aromatic heterocycles. The highest BCUT2D eigenvalue weighted by atomic mass is 79.9. The summed E-state index contributed by atoms with van der Waals surface area (Å²) >= 11 is 2.33. The molecule has 1 aromatic rings. The van der Waals surface area contributed by atoms with Gasteiger partial charge in [0, 0.05) is 10.0 Å². The van der Waals surface area contributed by atoms with Crippen molar-refractivity contribution in [2.45, 2.75) is 12.6 Å². The van der Waals surface area contributed by atoms with E-state index in [2.05, 4.69) is 15.9 Å². The van der Waals surface area contributed by atoms with Crippen LogP contribution in [-0.4, -0.2) is 0 Å². The molecule has 0 aliphatic rings. The van der Waals surface area contributed by atoms with E-state index in [0.29, 0.717) is 12.1 Å². The van der Waals surface area contributed by atoms with Crippen molar-refractivity contribution in [2.75, 3.05) is 0 Å². The third kappa shape index (κ3) is 2.45. The lowest BCUT2D eigenvalue weighted by Gasteiger charge is -2.13. The number of rotatable bonds is 1. The Kier molecular flexibility index (Phi) is 3.32. The third-order valence-electron chi connectivity index (χ3n) is 1.64. The minimum atomic E-state index is -5.01. The Hall–Kier alpha value is -0.720. The van der Waals surface area contributed by atoms with Gasteiger partial charge in [0.15, 0.2) is 0 Å². The van der Waals surface area contributed by atoms with Gasteiger partial charge in [-0.2, -0.15) is 13.2 Å². The van der Waals surface area contributed by atoms with E-state index in [1.54, 1.807) is 0 Å². The Morgan fingerprint density at radius 2 is 1.67 bits per heavy atom. The molecule has 0 heterocycles. The fraction of sp³-hybridized carbons (Fsp3) is 0.250. The van der Waals surface area contributed by atoms with E-state index in [9.17, 15) is 26.3 Å². The van der Waals surface area contributed by atoms with Crippen LogP contribution >= 0.6 is 15.9 Å².